The molecule has 174 valence electrons. The SMILES string of the molecule is COc1cc([N+](=O)[O-])ccc1N1C(=O)[C@@H]2[C@H]3CCCN3[C@@]3(C(=O)Nc4ccc(C)cc43)[C@H]2C1=O. The van der Waals surface area contributed by atoms with Crippen molar-refractivity contribution >= 4 is 34.8 Å². The van der Waals surface area contributed by atoms with E-state index in [9.17, 15) is 24.5 Å². The minimum atomic E-state index is -1.26. The van der Waals surface area contributed by atoms with Gasteiger partial charge < -0.3 is 10.1 Å². The van der Waals surface area contributed by atoms with Crippen LogP contribution in [-0.2, 0) is 19.9 Å². The lowest BCUT2D eigenvalue weighted by atomic mass is 9.75. The molecule has 10 nitrogen and oxygen atoms in total. The fourth-order valence-corrected chi connectivity index (χ4v) is 6.52. The maximum absolute atomic E-state index is 14.0. The molecule has 0 bridgehead atoms. The fourth-order valence-electron chi connectivity index (χ4n) is 6.52. The summed E-state index contributed by atoms with van der Waals surface area (Å²) >= 11 is 0. The van der Waals surface area contributed by atoms with Crippen molar-refractivity contribution in [3.8, 4) is 5.75 Å². The quantitative estimate of drug-likeness (QED) is 0.422. The first-order chi connectivity index (χ1) is 16.3. The van der Waals surface area contributed by atoms with Crippen LogP contribution in [0.5, 0.6) is 5.75 Å². The van der Waals surface area contributed by atoms with E-state index in [1.165, 1.54) is 25.3 Å². The second kappa shape index (κ2) is 6.86. The van der Waals surface area contributed by atoms with Gasteiger partial charge in [-0.3, -0.25) is 29.4 Å². The van der Waals surface area contributed by atoms with E-state index >= 15 is 0 Å². The second-order valence-electron chi connectivity index (χ2n) is 9.30. The van der Waals surface area contributed by atoms with Crippen molar-refractivity contribution in [1.29, 1.82) is 0 Å². The van der Waals surface area contributed by atoms with Gasteiger partial charge in [0.05, 0.1) is 35.6 Å². The standard InChI is InChI=1S/C24H22N4O6/c1-12-5-7-15-14(10-12)24(23(31)25-15)20-19(17-4-3-9-26(17)24)21(29)27(22(20)30)16-8-6-13(28(32)33)11-18(16)34-2/h5-8,10-11,17,19-20H,3-4,9H2,1-2H3,(H,25,31)/t17-,19-,20-,24-/m1/s1. The highest BCUT2D eigenvalue weighted by Crippen LogP contribution is 2.61. The lowest BCUT2D eigenvalue weighted by Gasteiger charge is -2.36. The highest BCUT2D eigenvalue weighted by atomic mass is 16.6. The number of hydrogen-bond acceptors (Lipinski definition) is 7. The van der Waals surface area contributed by atoms with Crippen molar-refractivity contribution in [3.63, 3.8) is 0 Å². The van der Waals surface area contributed by atoms with Gasteiger partial charge in [-0.05, 0) is 38.4 Å². The summed E-state index contributed by atoms with van der Waals surface area (Å²) in [5.41, 5.74) is 1.03. The molecular formula is C24H22N4O6. The molecule has 0 aromatic heterocycles. The Labute approximate surface area is 194 Å². The Kier molecular flexibility index (Phi) is 4.20. The molecule has 4 heterocycles. The smallest absolute Gasteiger partial charge is 0.273 e. The number of amides is 3. The van der Waals surface area contributed by atoms with E-state index in [0.29, 0.717) is 18.7 Å². The van der Waals surface area contributed by atoms with Crippen LogP contribution in [0.15, 0.2) is 36.4 Å². The summed E-state index contributed by atoms with van der Waals surface area (Å²) in [4.78, 5) is 55.3. The predicted molar refractivity (Wildman–Crippen MR) is 120 cm³/mol. The first-order valence-electron chi connectivity index (χ1n) is 11.2. The van der Waals surface area contributed by atoms with Gasteiger partial charge in [-0.25, -0.2) is 4.90 Å². The average molecular weight is 462 g/mol. The third-order valence-electron chi connectivity index (χ3n) is 7.76. The summed E-state index contributed by atoms with van der Waals surface area (Å²) in [6.07, 6.45) is 1.54. The van der Waals surface area contributed by atoms with Crippen molar-refractivity contribution in [2.75, 3.05) is 23.9 Å². The summed E-state index contributed by atoms with van der Waals surface area (Å²) in [7, 11) is 1.33. The van der Waals surface area contributed by atoms with Crippen molar-refractivity contribution in [3.05, 3.63) is 57.6 Å². The van der Waals surface area contributed by atoms with E-state index in [-0.39, 0.29) is 29.1 Å². The zero-order valence-electron chi connectivity index (χ0n) is 18.6. The largest absolute Gasteiger partial charge is 0.494 e. The highest BCUT2D eigenvalue weighted by molar-refractivity contribution is 6.26. The minimum absolute atomic E-state index is 0.0559. The Morgan fingerprint density at radius 2 is 1.94 bits per heavy atom. The number of methoxy groups -OCH3 is 1. The summed E-state index contributed by atoms with van der Waals surface area (Å²) in [5.74, 6) is -2.70. The van der Waals surface area contributed by atoms with Gasteiger partial charge in [0.1, 0.15) is 11.3 Å². The molecule has 0 aliphatic carbocycles. The van der Waals surface area contributed by atoms with E-state index in [4.69, 9.17) is 4.74 Å². The average Bonchev–Trinajstić information content (AvgIpc) is 3.52. The van der Waals surface area contributed by atoms with Gasteiger partial charge in [0.2, 0.25) is 17.7 Å². The van der Waals surface area contributed by atoms with E-state index in [2.05, 4.69) is 10.2 Å². The third-order valence-corrected chi connectivity index (χ3v) is 7.76. The number of nitro groups is 1. The number of benzene rings is 2. The van der Waals surface area contributed by atoms with Gasteiger partial charge in [0, 0.05) is 23.4 Å². The van der Waals surface area contributed by atoms with Crippen molar-refractivity contribution < 1.29 is 24.0 Å². The molecule has 0 radical (unpaired) electrons. The van der Waals surface area contributed by atoms with Gasteiger partial charge in [-0.1, -0.05) is 17.7 Å². The maximum Gasteiger partial charge on any atom is 0.273 e. The molecule has 0 unspecified atom stereocenters. The number of hydrogen-bond donors (Lipinski definition) is 1. The van der Waals surface area contributed by atoms with Crippen molar-refractivity contribution in [1.82, 2.24) is 4.90 Å². The van der Waals surface area contributed by atoms with Crippen LogP contribution >= 0.6 is 0 Å². The molecule has 34 heavy (non-hydrogen) atoms. The van der Waals surface area contributed by atoms with Crippen LogP contribution in [0.25, 0.3) is 0 Å². The van der Waals surface area contributed by atoms with E-state index in [1.54, 1.807) is 0 Å². The molecule has 1 N–H and O–H groups in total. The van der Waals surface area contributed by atoms with Crippen LogP contribution in [0, 0.1) is 28.9 Å². The van der Waals surface area contributed by atoms with Crippen LogP contribution in [0.4, 0.5) is 17.1 Å². The topological polar surface area (TPSA) is 122 Å². The van der Waals surface area contributed by atoms with Crippen molar-refractivity contribution in [2.45, 2.75) is 31.3 Å². The normalized spacial score (nSPS) is 29.4. The number of ether oxygens (including phenoxy) is 1. The van der Waals surface area contributed by atoms with Crippen LogP contribution in [0.2, 0.25) is 0 Å². The molecule has 1 spiro atoms. The Morgan fingerprint density at radius 3 is 2.68 bits per heavy atom. The molecule has 0 saturated carbocycles. The molecule has 2 aromatic carbocycles. The molecule has 4 atom stereocenters. The van der Waals surface area contributed by atoms with Crippen LogP contribution in [0.1, 0.15) is 24.0 Å². The molecule has 3 amide bonds. The first-order valence-corrected chi connectivity index (χ1v) is 11.2. The van der Waals surface area contributed by atoms with E-state index in [0.717, 1.165) is 22.4 Å². The molecule has 10 heteroatoms. The second-order valence-corrected chi connectivity index (χ2v) is 9.30. The monoisotopic (exact) mass is 462 g/mol. The number of carbonyl (C=O) groups excluding carboxylic acids is 3. The predicted octanol–water partition coefficient (Wildman–Crippen LogP) is 2.34. The zero-order valence-corrected chi connectivity index (χ0v) is 18.6. The number of rotatable bonds is 3. The van der Waals surface area contributed by atoms with E-state index in [1.807, 2.05) is 25.1 Å². The van der Waals surface area contributed by atoms with E-state index < -0.39 is 34.1 Å². The number of aryl methyl sites for hydroxylation is 1. The number of non-ortho nitro benzene ring substituents is 1. The number of nitrogens with zero attached hydrogens (tertiary/aromatic N) is 3. The summed E-state index contributed by atoms with van der Waals surface area (Å²) in [6.45, 7) is 2.56. The lowest BCUT2D eigenvalue weighted by molar-refractivity contribution is -0.384. The molecular weight excluding hydrogens is 440 g/mol. The molecule has 4 aliphatic rings. The van der Waals surface area contributed by atoms with Gasteiger partial charge in [-0.15, -0.1) is 0 Å². The summed E-state index contributed by atoms with van der Waals surface area (Å²) in [6, 6.07) is 9.23. The zero-order chi connectivity index (χ0) is 23.9. The van der Waals surface area contributed by atoms with Gasteiger partial charge in [-0.2, -0.15) is 0 Å². The number of anilines is 2. The first kappa shape index (κ1) is 20.8. The third kappa shape index (κ3) is 2.35. The molecule has 3 saturated heterocycles. The van der Waals surface area contributed by atoms with Crippen LogP contribution < -0.4 is 15.0 Å². The van der Waals surface area contributed by atoms with Gasteiger partial charge >= 0.3 is 0 Å². The highest BCUT2D eigenvalue weighted by Gasteiger charge is 2.74. The fraction of sp³-hybridized carbons (Fsp3) is 0.375. The Bertz CT molecular complexity index is 1310. The molecule has 3 fully saturated rings. The number of imide groups is 1. The van der Waals surface area contributed by atoms with Gasteiger partial charge in [0.15, 0.2) is 0 Å². The van der Waals surface area contributed by atoms with Crippen LogP contribution in [-0.4, -0.2) is 47.2 Å². The molecule has 2 aromatic rings. The molecule has 6 rings (SSSR count). The Balaban J connectivity index is 1.53. The number of fused-ring (bicyclic) bond motifs is 7. The van der Waals surface area contributed by atoms with Crippen molar-refractivity contribution in [2.24, 2.45) is 11.8 Å². The molecule has 4 aliphatic heterocycles. The van der Waals surface area contributed by atoms with Crippen LogP contribution in [0.3, 0.4) is 0 Å². The number of carbonyl (C=O) groups is 3. The maximum atomic E-state index is 14.0. The summed E-state index contributed by atoms with van der Waals surface area (Å²) in [5, 5.41) is 14.2. The Hall–Kier alpha value is -3.79. The Morgan fingerprint density at radius 1 is 1.15 bits per heavy atom. The van der Waals surface area contributed by atoms with Gasteiger partial charge in [0.25, 0.3) is 5.69 Å². The number of nitrogens with one attached hydrogen (secondary N) is 1. The lowest BCUT2D eigenvalue weighted by Crippen LogP contribution is -2.54. The minimum Gasteiger partial charge on any atom is -0.494 e. The summed E-state index contributed by atoms with van der Waals surface area (Å²) < 4.78 is 5.32. The number of nitro benzene ring substituents is 1.